The van der Waals surface area contributed by atoms with E-state index in [2.05, 4.69) is 0 Å². The van der Waals surface area contributed by atoms with Gasteiger partial charge in [-0.05, 0) is 23.8 Å². The van der Waals surface area contributed by atoms with E-state index in [4.69, 9.17) is 5.73 Å². The summed E-state index contributed by atoms with van der Waals surface area (Å²) in [6.07, 6.45) is 0. The Morgan fingerprint density at radius 1 is 1.15 bits per heavy atom. The number of hydrogen-bond acceptors (Lipinski definition) is 4. The molecule has 0 bridgehead atoms. The number of benzene rings is 2. The molecule has 0 unspecified atom stereocenters. The maximum atomic E-state index is 12.6. The number of anilines is 1. The molecule has 106 valence electrons. The summed E-state index contributed by atoms with van der Waals surface area (Å²) in [6.45, 7) is 0.142. The third-order valence-corrected chi connectivity index (χ3v) is 4.91. The van der Waals surface area contributed by atoms with Crippen LogP contribution in [0.2, 0.25) is 0 Å². The molecule has 2 aromatic rings. The molecule has 0 atom stereocenters. The van der Waals surface area contributed by atoms with Crippen LogP contribution in [0.25, 0.3) is 0 Å². The van der Waals surface area contributed by atoms with Gasteiger partial charge in [-0.1, -0.05) is 24.3 Å². The molecule has 20 heavy (non-hydrogen) atoms. The lowest BCUT2D eigenvalue weighted by Gasteiger charge is -2.21. The third-order valence-electron chi connectivity index (χ3n) is 3.02. The Morgan fingerprint density at radius 3 is 2.50 bits per heavy atom. The Balaban J connectivity index is 2.50. The largest absolute Gasteiger partial charge is 0.508 e. The molecule has 0 aromatic heterocycles. The van der Waals surface area contributed by atoms with E-state index in [1.807, 2.05) is 0 Å². The van der Waals surface area contributed by atoms with Crippen molar-refractivity contribution in [3.05, 3.63) is 54.1 Å². The molecular weight excluding hydrogens is 276 g/mol. The van der Waals surface area contributed by atoms with Gasteiger partial charge in [-0.2, -0.15) is 0 Å². The van der Waals surface area contributed by atoms with Crippen LogP contribution < -0.4 is 10.0 Å². The molecule has 3 N–H and O–H groups in total. The fourth-order valence-corrected chi connectivity index (χ4v) is 3.32. The molecule has 5 nitrogen and oxygen atoms in total. The number of phenolic OH excluding ortho intramolecular Hbond substituents is 1. The first kappa shape index (κ1) is 14.4. The normalized spacial score (nSPS) is 11.3. The van der Waals surface area contributed by atoms with Gasteiger partial charge in [-0.3, -0.25) is 4.31 Å². The number of sulfonamides is 1. The number of hydrogen-bond donors (Lipinski definition) is 2. The number of aromatic hydroxyl groups is 1. The summed E-state index contributed by atoms with van der Waals surface area (Å²) in [6, 6.07) is 12.7. The van der Waals surface area contributed by atoms with Crippen molar-refractivity contribution in [3.8, 4) is 5.75 Å². The van der Waals surface area contributed by atoms with Crippen molar-refractivity contribution in [2.45, 2.75) is 11.4 Å². The zero-order chi connectivity index (χ0) is 14.8. The van der Waals surface area contributed by atoms with E-state index < -0.39 is 10.0 Å². The molecule has 0 amide bonds. The molecular formula is C14H16N2O3S. The van der Waals surface area contributed by atoms with E-state index in [9.17, 15) is 13.5 Å². The van der Waals surface area contributed by atoms with E-state index in [-0.39, 0.29) is 17.2 Å². The standard InChI is InChI=1S/C14H16N2O3S/c1-16(12-6-4-7-13(17)9-12)20(18,19)14-8-3-2-5-11(14)10-15/h2-9,17H,10,15H2,1H3. The number of rotatable bonds is 4. The second-order valence-corrected chi connectivity index (χ2v) is 6.24. The van der Waals surface area contributed by atoms with Gasteiger partial charge in [-0.25, -0.2) is 8.42 Å². The minimum Gasteiger partial charge on any atom is -0.508 e. The Bertz CT molecular complexity index is 714. The third kappa shape index (κ3) is 2.61. The molecule has 0 fully saturated rings. The van der Waals surface area contributed by atoms with Crippen molar-refractivity contribution in [2.24, 2.45) is 5.73 Å². The Morgan fingerprint density at radius 2 is 1.85 bits per heavy atom. The van der Waals surface area contributed by atoms with Crippen molar-refractivity contribution < 1.29 is 13.5 Å². The molecule has 0 aliphatic carbocycles. The van der Waals surface area contributed by atoms with Crippen molar-refractivity contribution in [2.75, 3.05) is 11.4 Å². The van der Waals surface area contributed by atoms with Crippen LogP contribution in [0.5, 0.6) is 5.75 Å². The lowest BCUT2D eigenvalue weighted by molar-refractivity contribution is 0.475. The Hall–Kier alpha value is -2.05. The highest BCUT2D eigenvalue weighted by Crippen LogP contribution is 2.26. The SMILES string of the molecule is CN(c1cccc(O)c1)S(=O)(=O)c1ccccc1CN. The van der Waals surface area contributed by atoms with Crippen LogP contribution in [0.15, 0.2) is 53.4 Å². The molecule has 0 radical (unpaired) electrons. The quantitative estimate of drug-likeness (QED) is 0.898. The first-order valence-corrected chi connectivity index (χ1v) is 7.47. The molecule has 0 aliphatic rings. The van der Waals surface area contributed by atoms with Gasteiger partial charge in [0.25, 0.3) is 10.0 Å². The van der Waals surface area contributed by atoms with Gasteiger partial charge in [0, 0.05) is 19.7 Å². The lowest BCUT2D eigenvalue weighted by Crippen LogP contribution is -2.27. The van der Waals surface area contributed by atoms with Gasteiger partial charge in [0.1, 0.15) is 5.75 Å². The van der Waals surface area contributed by atoms with Crippen molar-refractivity contribution >= 4 is 15.7 Å². The summed E-state index contributed by atoms with van der Waals surface area (Å²) in [5.74, 6) is 0.0108. The molecule has 2 rings (SSSR count). The maximum absolute atomic E-state index is 12.6. The van der Waals surface area contributed by atoms with Gasteiger partial charge >= 0.3 is 0 Å². The van der Waals surface area contributed by atoms with Gasteiger partial charge < -0.3 is 10.8 Å². The monoisotopic (exact) mass is 292 g/mol. The fraction of sp³-hybridized carbons (Fsp3) is 0.143. The summed E-state index contributed by atoms with van der Waals surface area (Å²) in [7, 11) is -2.27. The van der Waals surface area contributed by atoms with Crippen molar-refractivity contribution in [3.63, 3.8) is 0 Å². The Labute approximate surface area is 118 Å². The zero-order valence-electron chi connectivity index (χ0n) is 11.0. The van der Waals surface area contributed by atoms with Crippen LogP contribution in [0, 0.1) is 0 Å². The molecule has 0 saturated carbocycles. The minimum absolute atomic E-state index is 0.0108. The van der Waals surface area contributed by atoms with Crippen LogP contribution in [0.3, 0.4) is 0 Å². The highest BCUT2D eigenvalue weighted by Gasteiger charge is 2.23. The first-order valence-electron chi connectivity index (χ1n) is 6.02. The van der Waals surface area contributed by atoms with Gasteiger partial charge in [0.2, 0.25) is 0 Å². The van der Waals surface area contributed by atoms with E-state index in [1.165, 1.54) is 25.2 Å². The number of nitrogens with zero attached hydrogens (tertiary/aromatic N) is 1. The maximum Gasteiger partial charge on any atom is 0.264 e. The fourth-order valence-electron chi connectivity index (χ4n) is 1.90. The predicted molar refractivity (Wildman–Crippen MR) is 78.0 cm³/mol. The molecule has 0 heterocycles. The van der Waals surface area contributed by atoms with Crippen LogP contribution >= 0.6 is 0 Å². The Kier molecular flexibility index (Phi) is 3.96. The molecule has 6 heteroatoms. The molecule has 2 aromatic carbocycles. The van der Waals surface area contributed by atoms with Crippen LogP contribution in [0.1, 0.15) is 5.56 Å². The second kappa shape index (κ2) is 5.52. The zero-order valence-corrected chi connectivity index (χ0v) is 11.8. The van der Waals surface area contributed by atoms with Gasteiger partial charge in [0.15, 0.2) is 0 Å². The van der Waals surface area contributed by atoms with E-state index in [1.54, 1.807) is 30.3 Å². The molecule has 0 aliphatic heterocycles. The summed E-state index contributed by atoms with van der Waals surface area (Å²) >= 11 is 0. The topological polar surface area (TPSA) is 83.6 Å². The second-order valence-electron chi connectivity index (χ2n) is 4.30. The predicted octanol–water partition coefficient (Wildman–Crippen LogP) is 1.68. The summed E-state index contributed by atoms with van der Waals surface area (Å²) in [5, 5.41) is 9.46. The van der Waals surface area contributed by atoms with Crippen LogP contribution in [-0.2, 0) is 16.6 Å². The van der Waals surface area contributed by atoms with Crippen LogP contribution in [0.4, 0.5) is 5.69 Å². The van der Waals surface area contributed by atoms with Crippen molar-refractivity contribution in [1.82, 2.24) is 0 Å². The summed E-state index contributed by atoms with van der Waals surface area (Å²) in [4.78, 5) is 0.174. The van der Waals surface area contributed by atoms with E-state index in [0.717, 1.165) is 4.31 Å². The minimum atomic E-state index is -3.71. The average molecular weight is 292 g/mol. The van der Waals surface area contributed by atoms with Crippen LogP contribution in [-0.4, -0.2) is 20.6 Å². The molecule has 0 saturated heterocycles. The van der Waals surface area contributed by atoms with E-state index >= 15 is 0 Å². The highest BCUT2D eigenvalue weighted by atomic mass is 32.2. The van der Waals surface area contributed by atoms with Gasteiger partial charge in [0.05, 0.1) is 10.6 Å². The molecule has 0 spiro atoms. The smallest absolute Gasteiger partial charge is 0.264 e. The number of nitrogens with two attached hydrogens (primary N) is 1. The van der Waals surface area contributed by atoms with Crippen molar-refractivity contribution in [1.29, 1.82) is 0 Å². The first-order chi connectivity index (χ1) is 9.46. The van der Waals surface area contributed by atoms with Gasteiger partial charge in [-0.15, -0.1) is 0 Å². The lowest BCUT2D eigenvalue weighted by atomic mass is 10.2. The number of phenols is 1. The van der Waals surface area contributed by atoms with E-state index in [0.29, 0.717) is 11.3 Å². The summed E-state index contributed by atoms with van der Waals surface area (Å²) < 4.78 is 26.4. The summed E-state index contributed by atoms with van der Waals surface area (Å²) in [5.41, 5.74) is 6.53. The average Bonchev–Trinajstić information content (AvgIpc) is 2.46. The highest BCUT2D eigenvalue weighted by molar-refractivity contribution is 7.92.